The minimum atomic E-state index is -0.746. The Hall–Kier alpha value is -3.82. The molecule has 3 heterocycles. The summed E-state index contributed by atoms with van der Waals surface area (Å²) in [6.45, 7) is 1.11. The van der Waals surface area contributed by atoms with E-state index in [9.17, 15) is 18.8 Å². The van der Waals surface area contributed by atoms with Gasteiger partial charge in [-0.25, -0.2) is 9.37 Å². The lowest BCUT2D eigenvalue weighted by molar-refractivity contribution is -0.124. The van der Waals surface area contributed by atoms with Gasteiger partial charge in [-0.3, -0.25) is 18.8 Å². The molecule has 0 saturated carbocycles. The molecule has 0 unspecified atom stereocenters. The number of hydrogen-bond acceptors (Lipinski definition) is 6. The van der Waals surface area contributed by atoms with Crippen LogP contribution in [0.3, 0.4) is 0 Å². The van der Waals surface area contributed by atoms with Gasteiger partial charge >= 0.3 is 0 Å². The van der Waals surface area contributed by atoms with Gasteiger partial charge in [-0.2, -0.15) is 4.98 Å². The molecule has 9 nitrogen and oxygen atoms in total. The predicted molar refractivity (Wildman–Crippen MR) is 121 cm³/mol. The van der Waals surface area contributed by atoms with Crippen LogP contribution in [-0.4, -0.2) is 76.1 Å². The lowest BCUT2D eigenvalue weighted by atomic mass is 9.90. The Morgan fingerprint density at radius 1 is 1.15 bits per heavy atom. The lowest BCUT2D eigenvalue weighted by Crippen LogP contribution is -2.39. The Bertz CT molecular complexity index is 1230. The molecule has 1 aliphatic rings. The van der Waals surface area contributed by atoms with Gasteiger partial charge in [0.25, 0.3) is 17.6 Å². The Labute approximate surface area is 196 Å². The number of halogens is 1. The Kier molecular flexibility index (Phi) is 6.58. The van der Waals surface area contributed by atoms with Gasteiger partial charge in [0.1, 0.15) is 17.1 Å². The molecule has 0 spiro atoms. The van der Waals surface area contributed by atoms with Gasteiger partial charge < -0.3 is 14.5 Å². The third kappa shape index (κ3) is 4.61. The number of nitrogens with zero attached hydrogens (tertiary/aromatic N) is 5. The zero-order valence-corrected chi connectivity index (χ0v) is 19.3. The fourth-order valence-corrected chi connectivity index (χ4v) is 4.14. The molecule has 4 rings (SSSR count). The standard InChI is InChI=1S/C24H26FN5O4/c1-28(2)23(33)20(31)19-13-26-24-27-21(34-3)18(14-30(19)24)22(32)29-10-8-16(9-11-29)12-15-4-6-17(25)7-5-15/h4-7,13-14,16H,8-12H2,1-3H3. The van der Waals surface area contributed by atoms with E-state index in [1.807, 2.05) is 0 Å². The van der Waals surface area contributed by atoms with E-state index >= 15 is 0 Å². The highest BCUT2D eigenvalue weighted by Crippen LogP contribution is 2.26. The van der Waals surface area contributed by atoms with Crippen LogP contribution in [-0.2, 0) is 11.2 Å². The summed E-state index contributed by atoms with van der Waals surface area (Å²) in [6.07, 6.45) is 5.18. The number of likely N-dealkylation sites (tertiary alicyclic amines) is 1. The van der Waals surface area contributed by atoms with Crippen LogP contribution in [0.1, 0.15) is 39.3 Å². The van der Waals surface area contributed by atoms with Crippen LogP contribution in [0.2, 0.25) is 0 Å². The van der Waals surface area contributed by atoms with Crippen molar-refractivity contribution in [2.24, 2.45) is 5.92 Å². The van der Waals surface area contributed by atoms with Gasteiger partial charge in [0.15, 0.2) is 0 Å². The molecule has 1 aliphatic heterocycles. The molecule has 1 aromatic carbocycles. The highest BCUT2D eigenvalue weighted by Gasteiger charge is 2.29. The van der Waals surface area contributed by atoms with Crippen molar-refractivity contribution in [3.8, 4) is 5.88 Å². The van der Waals surface area contributed by atoms with Crippen LogP contribution in [0.15, 0.2) is 36.7 Å². The van der Waals surface area contributed by atoms with Crippen molar-refractivity contribution >= 4 is 23.4 Å². The smallest absolute Gasteiger partial charge is 0.296 e. The van der Waals surface area contributed by atoms with Gasteiger partial charge in [-0.1, -0.05) is 12.1 Å². The molecule has 0 N–H and O–H groups in total. The number of piperidine rings is 1. The number of hydrogen-bond donors (Lipinski definition) is 0. The van der Waals surface area contributed by atoms with E-state index in [4.69, 9.17) is 4.74 Å². The molecule has 3 aromatic rings. The second-order valence-electron chi connectivity index (χ2n) is 8.57. The van der Waals surface area contributed by atoms with Crippen molar-refractivity contribution < 1.29 is 23.5 Å². The number of imidazole rings is 1. The van der Waals surface area contributed by atoms with E-state index in [1.54, 1.807) is 17.0 Å². The maximum Gasteiger partial charge on any atom is 0.296 e. The topological polar surface area (TPSA) is 97.1 Å². The minimum Gasteiger partial charge on any atom is -0.480 e. The first-order valence-corrected chi connectivity index (χ1v) is 11.0. The first kappa shape index (κ1) is 23.3. The molecule has 0 atom stereocenters. The summed E-state index contributed by atoms with van der Waals surface area (Å²) in [6, 6.07) is 6.52. The molecule has 0 aliphatic carbocycles. The largest absolute Gasteiger partial charge is 0.480 e. The van der Waals surface area contributed by atoms with Gasteiger partial charge in [-0.15, -0.1) is 0 Å². The van der Waals surface area contributed by atoms with E-state index in [-0.39, 0.29) is 34.6 Å². The van der Waals surface area contributed by atoms with Crippen LogP contribution in [0.5, 0.6) is 5.88 Å². The Morgan fingerprint density at radius 2 is 1.82 bits per heavy atom. The number of methoxy groups -OCH3 is 1. The fourth-order valence-electron chi connectivity index (χ4n) is 4.14. The number of ether oxygens (including phenoxy) is 1. The number of ketones is 1. The molecule has 1 saturated heterocycles. The molecular weight excluding hydrogens is 441 g/mol. The van der Waals surface area contributed by atoms with E-state index in [0.29, 0.717) is 19.0 Å². The van der Waals surface area contributed by atoms with Crippen LogP contribution in [0.25, 0.3) is 5.78 Å². The number of aromatic nitrogens is 3. The normalized spacial score (nSPS) is 14.3. The van der Waals surface area contributed by atoms with Crippen LogP contribution < -0.4 is 4.74 Å². The van der Waals surface area contributed by atoms with Crippen LogP contribution >= 0.6 is 0 Å². The number of carbonyl (C=O) groups is 3. The van der Waals surface area contributed by atoms with Gasteiger partial charge in [-0.05, 0) is 42.9 Å². The van der Waals surface area contributed by atoms with Crippen molar-refractivity contribution in [2.75, 3.05) is 34.3 Å². The van der Waals surface area contributed by atoms with Gasteiger partial charge in [0.05, 0.1) is 13.3 Å². The van der Waals surface area contributed by atoms with Crippen LogP contribution in [0, 0.1) is 11.7 Å². The first-order chi connectivity index (χ1) is 16.3. The average Bonchev–Trinajstić information content (AvgIpc) is 3.26. The molecular formula is C24H26FN5O4. The second kappa shape index (κ2) is 9.58. The molecule has 34 heavy (non-hydrogen) atoms. The molecule has 1 fully saturated rings. The fraction of sp³-hybridized carbons (Fsp3) is 0.375. The zero-order chi connectivity index (χ0) is 24.4. The first-order valence-electron chi connectivity index (χ1n) is 11.0. The van der Waals surface area contributed by atoms with E-state index in [0.717, 1.165) is 24.8 Å². The van der Waals surface area contributed by atoms with Gasteiger partial charge in [0, 0.05) is 33.4 Å². The number of likely N-dealkylation sites (N-methyl/N-ethyl adjacent to an activating group) is 1. The van der Waals surface area contributed by atoms with Crippen molar-refractivity contribution in [2.45, 2.75) is 19.3 Å². The Balaban J connectivity index is 1.52. The summed E-state index contributed by atoms with van der Waals surface area (Å²) in [4.78, 5) is 49.3. The minimum absolute atomic E-state index is 0.0240. The summed E-state index contributed by atoms with van der Waals surface area (Å²) < 4.78 is 19.8. The second-order valence-corrected chi connectivity index (χ2v) is 8.57. The number of carbonyl (C=O) groups excluding carboxylic acids is 3. The summed E-state index contributed by atoms with van der Waals surface area (Å²) in [5, 5.41) is 0. The maximum absolute atomic E-state index is 13.3. The Morgan fingerprint density at radius 3 is 2.44 bits per heavy atom. The third-order valence-corrected chi connectivity index (χ3v) is 6.06. The van der Waals surface area contributed by atoms with Crippen molar-refractivity contribution in [3.63, 3.8) is 0 Å². The third-order valence-electron chi connectivity index (χ3n) is 6.06. The summed E-state index contributed by atoms with van der Waals surface area (Å²) in [5.41, 5.74) is 1.29. The molecule has 10 heteroatoms. The average molecular weight is 468 g/mol. The van der Waals surface area contributed by atoms with E-state index < -0.39 is 11.7 Å². The van der Waals surface area contributed by atoms with Crippen molar-refractivity contribution in [3.05, 3.63) is 59.3 Å². The van der Waals surface area contributed by atoms with Crippen LogP contribution in [0.4, 0.5) is 4.39 Å². The lowest BCUT2D eigenvalue weighted by Gasteiger charge is -2.32. The number of rotatable bonds is 6. The highest BCUT2D eigenvalue weighted by molar-refractivity contribution is 6.42. The molecule has 2 amide bonds. The maximum atomic E-state index is 13.3. The number of benzene rings is 1. The summed E-state index contributed by atoms with van der Waals surface area (Å²) in [7, 11) is 4.38. The highest BCUT2D eigenvalue weighted by atomic mass is 19.1. The molecule has 0 radical (unpaired) electrons. The SMILES string of the molecule is COc1nc2ncc(C(=O)C(=O)N(C)C)n2cc1C(=O)N1CCC(Cc2ccc(F)cc2)CC1. The number of Topliss-reactive ketones (excluding diaryl/α,β-unsaturated/α-hetero) is 1. The summed E-state index contributed by atoms with van der Waals surface area (Å²) in [5.74, 6) is -1.31. The zero-order valence-electron chi connectivity index (χ0n) is 19.3. The number of fused-ring (bicyclic) bond motifs is 1. The van der Waals surface area contributed by atoms with Crippen molar-refractivity contribution in [1.29, 1.82) is 0 Å². The quantitative estimate of drug-likeness (QED) is 0.408. The number of amides is 2. The van der Waals surface area contributed by atoms with Gasteiger partial charge in [0.2, 0.25) is 11.7 Å². The van der Waals surface area contributed by atoms with Crippen molar-refractivity contribution in [1.82, 2.24) is 24.2 Å². The predicted octanol–water partition coefficient (Wildman–Crippen LogP) is 2.24. The monoisotopic (exact) mass is 467 g/mol. The van der Waals surface area contributed by atoms with E-state index in [1.165, 1.54) is 55.0 Å². The summed E-state index contributed by atoms with van der Waals surface area (Å²) >= 11 is 0. The van der Waals surface area contributed by atoms with E-state index in [2.05, 4.69) is 9.97 Å². The molecule has 2 aromatic heterocycles. The molecule has 0 bridgehead atoms. The molecule has 178 valence electrons.